The Morgan fingerprint density at radius 2 is 1.38 bits per heavy atom. The second kappa shape index (κ2) is 12.8. The number of esters is 2. The maximum atomic E-state index is 13.0. The average molecular weight is 577 g/mol. The van der Waals surface area contributed by atoms with E-state index < -0.39 is 30.2 Å². The lowest BCUT2D eigenvalue weighted by atomic mass is 10.1. The van der Waals surface area contributed by atoms with Crippen molar-refractivity contribution in [2.24, 2.45) is 0 Å². The Morgan fingerprint density at radius 1 is 0.738 bits per heavy atom. The first-order valence-electron chi connectivity index (χ1n) is 12.9. The van der Waals surface area contributed by atoms with Gasteiger partial charge in [0.05, 0.1) is 22.4 Å². The monoisotopic (exact) mass is 576 g/mol. The maximum Gasteiger partial charge on any atom is 0.343 e. The summed E-state index contributed by atoms with van der Waals surface area (Å²) in [5.41, 5.74) is 3.44. The molecule has 5 aromatic rings. The lowest BCUT2D eigenvalue weighted by Gasteiger charge is -2.09. The molecule has 5 rings (SSSR count). The summed E-state index contributed by atoms with van der Waals surface area (Å²) in [6, 6.07) is 28.6. The third-order valence-electron chi connectivity index (χ3n) is 6.19. The van der Waals surface area contributed by atoms with Gasteiger partial charge in [0, 0.05) is 16.5 Å². The number of anilines is 1. The third kappa shape index (κ3) is 6.83. The van der Waals surface area contributed by atoms with Crippen molar-refractivity contribution in [2.45, 2.75) is 6.92 Å². The topological polar surface area (TPSA) is 112 Å². The Labute approximate surface area is 245 Å². The SMILES string of the molecule is Cc1ccc(C(=O)Oc2ccc(C(=O)COC(=O)c3ccccc3C(=O)Nc3nc(-c4ccccc4)cs3)cc2)cc1. The number of amides is 1. The van der Waals surface area contributed by atoms with E-state index in [1.807, 2.05) is 54.8 Å². The van der Waals surface area contributed by atoms with Gasteiger partial charge in [0.1, 0.15) is 5.75 Å². The van der Waals surface area contributed by atoms with Crippen molar-refractivity contribution in [3.05, 3.63) is 136 Å². The lowest BCUT2D eigenvalue weighted by Crippen LogP contribution is -2.19. The number of nitrogens with one attached hydrogen (secondary N) is 1. The fourth-order valence-corrected chi connectivity index (χ4v) is 4.67. The van der Waals surface area contributed by atoms with E-state index in [9.17, 15) is 19.2 Å². The number of Topliss-reactive ketones (excluding diaryl/α,β-unsaturated/α-hetero) is 1. The van der Waals surface area contributed by atoms with Crippen LogP contribution in [0.4, 0.5) is 5.13 Å². The van der Waals surface area contributed by atoms with Crippen LogP contribution in [0.25, 0.3) is 11.3 Å². The van der Waals surface area contributed by atoms with Gasteiger partial charge in [-0.2, -0.15) is 0 Å². The molecule has 0 radical (unpaired) electrons. The largest absolute Gasteiger partial charge is 0.454 e. The van der Waals surface area contributed by atoms with Gasteiger partial charge in [-0.25, -0.2) is 14.6 Å². The molecule has 1 heterocycles. The van der Waals surface area contributed by atoms with Gasteiger partial charge in [0.2, 0.25) is 0 Å². The van der Waals surface area contributed by atoms with E-state index in [-0.39, 0.29) is 22.4 Å². The number of benzene rings is 4. The molecule has 42 heavy (non-hydrogen) atoms. The van der Waals surface area contributed by atoms with Crippen LogP contribution >= 0.6 is 11.3 Å². The van der Waals surface area contributed by atoms with Gasteiger partial charge < -0.3 is 9.47 Å². The maximum absolute atomic E-state index is 13.0. The molecule has 1 N–H and O–H groups in total. The molecule has 0 saturated carbocycles. The van der Waals surface area contributed by atoms with Crippen molar-refractivity contribution in [1.29, 1.82) is 0 Å². The average Bonchev–Trinajstić information content (AvgIpc) is 3.49. The molecular weight excluding hydrogens is 552 g/mol. The van der Waals surface area contributed by atoms with Gasteiger partial charge in [0.25, 0.3) is 5.91 Å². The molecule has 0 aliphatic heterocycles. The highest BCUT2D eigenvalue weighted by molar-refractivity contribution is 7.14. The minimum absolute atomic E-state index is 0.0148. The number of aryl methyl sites for hydroxylation is 1. The molecule has 9 heteroatoms. The van der Waals surface area contributed by atoms with Gasteiger partial charge in [-0.15, -0.1) is 11.3 Å². The molecular formula is C33H24N2O6S. The zero-order chi connectivity index (χ0) is 29.5. The summed E-state index contributed by atoms with van der Waals surface area (Å²) in [7, 11) is 0. The van der Waals surface area contributed by atoms with Gasteiger partial charge in [-0.1, -0.05) is 60.2 Å². The van der Waals surface area contributed by atoms with E-state index in [1.165, 1.54) is 47.7 Å². The Balaban J connectivity index is 1.18. The van der Waals surface area contributed by atoms with Crippen LogP contribution in [0.5, 0.6) is 5.75 Å². The molecule has 0 aliphatic carbocycles. The number of thiazole rings is 1. The third-order valence-corrected chi connectivity index (χ3v) is 6.95. The predicted octanol–water partition coefficient (Wildman–Crippen LogP) is 6.63. The second-order valence-corrected chi connectivity index (χ2v) is 10.0. The summed E-state index contributed by atoms with van der Waals surface area (Å²) >= 11 is 1.27. The summed E-state index contributed by atoms with van der Waals surface area (Å²) < 4.78 is 10.6. The Kier molecular flexibility index (Phi) is 8.60. The number of ether oxygens (including phenoxy) is 2. The second-order valence-electron chi connectivity index (χ2n) is 9.18. The van der Waals surface area contributed by atoms with Crippen LogP contribution in [0.2, 0.25) is 0 Å². The fraction of sp³-hybridized carbons (Fsp3) is 0.0606. The lowest BCUT2D eigenvalue weighted by molar-refractivity contribution is 0.0472. The predicted molar refractivity (Wildman–Crippen MR) is 159 cm³/mol. The molecule has 0 saturated heterocycles. The molecule has 1 aromatic heterocycles. The van der Waals surface area contributed by atoms with Crippen LogP contribution in [0, 0.1) is 6.92 Å². The van der Waals surface area contributed by atoms with E-state index in [4.69, 9.17) is 9.47 Å². The first kappa shape index (κ1) is 28.1. The highest BCUT2D eigenvalue weighted by atomic mass is 32.1. The van der Waals surface area contributed by atoms with Crippen LogP contribution in [-0.2, 0) is 4.74 Å². The number of ketones is 1. The highest BCUT2D eigenvalue weighted by Crippen LogP contribution is 2.25. The molecule has 208 valence electrons. The zero-order valence-electron chi connectivity index (χ0n) is 22.4. The number of aromatic nitrogens is 1. The van der Waals surface area contributed by atoms with Crippen molar-refractivity contribution in [3.63, 3.8) is 0 Å². The Hall–Kier alpha value is -5.41. The van der Waals surface area contributed by atoms with Gasteiger partial charge in [0.15, 0.2) is 17.5 Å². The normalized spacial score (nSPS) is 10.5. The van der Waals surface area contributed by atoms with Gasteiger partial charge in [-0.05, 0) is 55.5 Å². The molecule has 0 bridgehead atoms. The quantitative estimate of drug-likeness (QED) is 0.119. The summed E-state index contributed by atoms with van der Waals surface area (Å²) in [5.74, 6) is -2.05. The molecule has 4 aromatic carbocycles. The molecule has 0 atom stereocenters. The molecule has 0 spiro atoms. The standard InChI is InChI=1S/C33H24N2O6S/c1-21-11-13-24(14-12-21)31(38)41-25-17-15-23(16-18-25)29(36)19-40-32(39)27-10-6-5-9-26(27)30(37)35-33-34-28(20-42-33)22-7-3-2-4-8-22/h2-18,20H,19H2,1H3,(H,34,35,37). The summed E-state index contributed by atoms with van der Waals surface area (Å²) in [6.45, 7) is 1.38. The number of hydrogen-bond donors (Lipinski definition) is 1. The van der Waals surface area contributed by atoms with E-state index >= 15 is 0 Å². The molecule has 0 unspecified atom stereocenters. The summed E-state index contributed by atoms with van der Waals surface area (Å²) in [6.07, 6.45) is 0. The summed E-state index contributed by atoms with van der Waals surface area (Å²) in [4.78, 5) is 55.3. The number of carbonyl (C=O) groups excluding carboxylic acids is 4. The van der Waals surface area contributed by atoms with Crippen molar-refractivity contribution in [1.82, 2.24) is 4.98 Å². The Bertz CT molecular complexity index is 1750. The van der Waals surface area contributed by atoms with Gasteiger partial charge >= 0.3 is 11.9 Å². The van der Waals surface area contributed by atoms with Crippen molar-refractivity contribution < 1.29 is 28.7 Å². The van der Waals surface area contributed by atoms with E-state index in [2.05, 4.69) is 10.3 Å². The first-order valence-corrected chi connectivity index (χ1v) is 13.8. The van der Waals surface area contributed by atoms with Crippen molar-refractivity contribution in [2.75, 3.05) is 11.9 Å². The zero-order valence-corrected chi connectivity index (χ0v) is 23.2. The Morgan fingerprint density at radius 3 is 2.10 bits per heavy atom. The smallest absolute Gasteiger partial charge is 0.343 e. The van der Waals surface area contributed by atoms with Crippen LogP contribution in [-0.4, -0.2) is 35.2 Å². The van der Waals surface area contributed by atoms with E-state index in [0.29, 0.717) is 10.7 Å². The first-order chi connectivity index (χ1) is 20.4. The van der Waals surface area contributed by atoms with Crippen LogP contribution in [0.3, 0.4) is 0 Å². The van der Waals surface area contributed by atoms with Crippen LogP contribution < -0.4 is 10.1 Å². The van der Waals surface area contributed by atoms with E-state index in [1.54, 1.807) is 24.3 Å². The number of nitrogens with zero attached hydrogens (tertiary/aromatic N) is 1. The minimum atomic E-state index is -0.818. The highest BCUT2D eigenvalue weighted by Gasteiger charge is 2.20. The molecule has 1 amide bonds. The number of hydrogen-bond acceptors (Lipinski definition) is 8. The van der Waals surface area contributed by atoms with Crippen molar-refractivity contribution in [3.8, 4) is 17.0 Å². The minimum Gasteiger partial charge on any atom is -0.454 e. The fourth-order valence-electron chi connectivity index (χ4n) is 3.95. The van der Waals surface area contributed by atoms with Crippen molar-refractivity contribution >= 4 is 40.1 Å². The van der Waals surface area contributed by atoms with Gasteiger partial charge in [-0.3, -0.25) is 14.9 Å². The summed E-state index contributed by atoms with van der Waals surface area (Å²) in [5, 5.41) is 4.93. The molecule has 0 fully saturated rings. The number of carbonyl (C=O) groups is 4. The van der Waals surface area contributed by atoms with Crippen LogP contribution in [0.15, 0.2) is 109 Å². The molecule has 8 nitrogen and oxygen atoms in total. The van der Waals surface area contributed by atoms with Crippen LogP contribution in [0.1, 0.15) is 47.0 Å². The van der Waals surface area contributed by atoms with E-state index in [0.717, 1.165) is 16.8 Å². The molecule has 0 aliphatic rings. The number of rotatable bonds is 9.